The monoisotopic (exact) mass is 385 g/mol. The summed E-state index contributed by atoms with van der Waals surface area (Å²) < 4.78 is 38.5. The van der Waals surface area contributed by atoms with Crippen LogP contribution in [0.3, 0.4) is 0 Å². The van der Waals surface area contributed by atoms with Crippen LogP contribution in [-0.4, -0.2) is 5.91 Å². The number of benzene rings is 3. The molecule has 3 aromatic rings. The Bertz CT molecular complexity index is 960. The molecular weight excluding hydrogens is 363 g/mol. The lowest BCUT2D eigenvalue weighted by Crippen LogP contribution is -2.28. The van der Waals surface area contributed by atoms with Gasteiger partial charge in [0.05, 0.1) is 11.6 Å². The molecule has 2 nitrogen and oxygen atoms in total. The molecule has 5 heteroatoms. The molecule has 0 aromatic heterocycles. The van der Waals surface area contributed by atoms with Crippen molar-refractivity contribution in [3.8, 4) is 0 Å². The highest BCUT2D eigenvalue weighted by atomic mass is 19.4. The normalized spacial score (nSPS) is 12.7. The highest BCUT2D eigenvalue weighted by Gasteiger charge is 2.30. The first-order valence-corrected chi connectivity index (χ1v) is 9.31. The van der Waals surface area contributed by atoms with Crippen LogP contribution in [0.2, 0.25) is 0 Å². The van der Waals surface area contributed by atoms with Crippen molar-refractivity contribution in [3.05, 3.63) is 83.4 Å². The Balaban J connectivity index is 1.68. The quantitative estimate of drug-likeness (QED) is 0.549. The van der Waals surface area contributed by atoms with Gasteiger partial charge in [-0.1, -0.05) is 67.6 Å². The second-order valence-corrected chi connectivity index (χ2v) is 6.79. The molecule has 1 atom stereocenters. The van der Waals surface area contributed by atoms with Crippen LogP contribution >= 0.6 is 0 Å². The van der Waals surface area contributed by atoms with Crippen LogP contribution in [-0.2, 0) is 17.4 Å². The Morgan fingerprint density at radius 3 is 2.46 bits per heavy atom. The number of alkyl halides is 3. The first-order valence-electron chi connectivity index (χ1n) is 9.31. The molecule has 0 heterocycles. The number of amides is 1. The lowest BCUT2D eigenvalue weighted by Gasteiger charge is -2.19. The third kappa shape index (κ3) is 4.71. The van der Waals surface area contributed by atoms with Crippen molar-refractivity contribution < 1.29 is 18.0 Å². The maximum absolute atomic E-state index is 12.8. The highest BCUT2D eigenvalue weighted by molar-refractivity contribution is 5.87. The van der Waals surface area contributed by atoms with Crippen molar-refractivity contribution in [3.63, 3.8) is 0 Å². The standard InChI is InChI=1S/C23H22F3NO/c1-2-21(20-12-6-9-17-8-3-4-11-19(17)20)27-22(28)14-13-16-7-5-10-18(15-16)23(24,25)26/h3-12,15,21H,2,13-14H2,1H3,(H,27,28)/t21-/m1/s1. The van der Waals surface area contributed by atoms with Gasteiger partial charge in [-0.25, -0.2) is 0 Å². The highest BCUT2D eigenvalue weighted by Crippen LogP contribution is 2.30. The number of nitrogens with one attached hydrogen (secondary N) is 1. The summed E-state index contributed by atoms with van der Waals surface area (Å²) in [4.78, 5) is 12.4. The molecule has 3 aromatic carbocycles. The summed E-state index contributed by atoms with van der Waals surface area (Å²) in [5, 5.41) is 5.23. The predicted octanol–water partition coefficient (Wildman–Crippen LogP) is 6.06. The molecule has 28 heavy (non-hydrogen) atoms. The SMILES string of the molecule is CC[C@@H](NC(=O)CCc1cccc(C(F)(F)F)c1)c1cccc2ccccc12. The van der Waals surface area contributed by atoms with Crippen molar-refractivity contribution in [2.45, 2.75) is 38.4 Å². The minimum absolute atomic E-state index is 0.139. The van der Waals surface area contributed by atoms with Crippen LogP contribution in [0.1, 0.15) is 42.5 Å². The van der Waals surface area contributed by atoms with Gasteiger partial charge in [0.1, 0.15) is 0 Å². The molecular formula is C23H22F3NO. The average Bonchev–Trinajstić information content (AvgIpc) is 2.70. The number of hydrogen-bond donors (Lipinski definition) is 1. The van der Waals surface area contributed by atoms with Gasteiger partial charge in [0.25, 0.3) is 0 Å². The van der Waals surface area contributed by atoms with E-state index >= 15 is 0 Å². The van der Waals surface area contributed by atoms with Crippen molar-refractivity contribution >= 4 is 16.7 Å². The van der Waals surface area contributed by atoms with E-state index in [1.165, 1.54) is 6.07 Å². The van der Waals surface area contributed by atoms with E-state index in [0.29, 0.717) is 5.56 Å². The van der Waals surface area contributed by atoms with E-state index < -0.39 is 11.7 Å². The minimum Gasteiger partial charge on any atom is -0.349 e. The molecule has 1 N–H and O–H groups in total. The van der Waals surface area contributed by atoms with Crippen LogP contribution in [0.5, 0.6) is 0 Å². The van der Waals surface area contributed by atoms with E-state index in [-0.39, 0.29) is 24.8 Å². The van der Waals surface area contributed by atoms with Gasteiger partial charge in [-0.05, 0) is 40.8 Å². The molecule has 0 aliphatic heterocycles. The van der Waals surface area contributed by atoms with Crippen molar-refractivity contribution in [1.82, 2.24) is 5.32 Å². The third-order valence-electron chi connectivity index (χ3n) is 4.84. The largest absolute Gasteiger partial charge is 0.416 e. The van der Waals surface area contributed by atoms with Gasteiger partial charge < -0.3 is 5.32 Å². The number of carbonyl (C=O) groups excluding carboxylic acids is 1. The summed E-state index contributed by atoms with van der Waals surface area (Å²) in [5.41, 5.74) is 0.865. The molecule has 146 valence electrons. The molecule has 0 fully saturated rings. The van der Waals surface area contributed by atoms with E-state index in [2.05, 4.69) is 5.32 Å². The molecule has 0 radical (unpaired) electrons. The number of fused-ring (bicyclic) bond motifs is 1. The van der Waals surface area contributed by atoms with Gasteiger partial charge in [-0.2, -0.15) is 13.2 Å². The number of carbonyl (C=O) groups is 1. The van der Waals surface area contributed by atoms with Crippen LogP contribution in [0.15, 0.2) is 66.7 Å². The Hall–Kier alpha value is -2.82. The van der Waals surface area contributed by atoms with Crippen LogP contribution in [0.4, 0.5) is 13.2 Å². The number of rotatable bonds is 6. The van der Waals surface area contributed by atoms with Gasteiger partial charge in [-0.15, -0.1) is 0 Å². The summed E-state index contributed by atoms with van der Waals surface area (Å²) in [6, 6.07) is 19.0. The summed E-state index contributed by atoms with van der Waals surface area (Å²) in [6.07, 6.45) is -3.24. The molecule has 3 rings (SSSR count). The summed E-state index contributed by atoms with van der Waals surface area (Å²) >= 11 is 0. The lowest BCUT2D eigenvalue weighted by molar-refractivity contribution is -0.137. The minimum atomic E-state index is -4.38. The number of halogens is 3. The van der Waals surface area contributed by atoms with Crippen LogP contribution in [0.25, 0.3) is 10.8 Å². The molecule has 0 saturated heterocycles. The molecule has 0 bridgehead atoms. The Kier molecular flexibility index (Phi) is 6.02. The van der Waals surface area contributed by atoms with E-state index in [9.17, 15) is 18.0 Å². The molecule has 0 aliphatic rings. The Labute approximate surface area is 162 Å². The van der Waals surface area contributed by atoms with Crippen molar-refractivity contribution in [2.75, 3.05) is 0 Å². The predicted molar refractivity (Wildman–Crippen MR) is 105 cm³/mol. The topological polar surface area (TPSA) is 29.1 Å². The molecule has 1 amide bonds. The average molecular weight is 385 g/mol. The molecule has 0 unspecified atom stereocenters. The number of hydrogen-bond acceptors (Lipinski definition) is 1. The zero-order valence-corrected chi connectivity index (χ0v) is 15.6. The second kappa shape index (κ2) is 8.46. The second-order valence-electron chi connectivity index (χ2n) is 6.79. The smallest absolute Gasteiger partial charge is 0.349 e. The Morgan fingerprint density at radius 1 is 1.00 bits per heavy atom. The van der Waals surface area contributed by atoms with Crippen molar-refractivity contribution in [1.29, 1.82) is 0 Å². The summed E-state index contributed by atoms with van der Waals surface area (Å²) in [7, 11) is 0. The summed E-state index contributed by atoms with van der Waals surface area (Å²) in [5.74, 6) is -0.169. The van der Waals surface area contributed by atoms with Crippen LogP contribution < -0.4 is 5.32 Å². The molecule has 0 saturated carbocycles. The van der Waals surface area contributed by atoms with E-state index in [4.69, 9.17) is 0 Å². The zero-order valence-electron chi connectivity index (χ0n) is 15.6. The maximum atomic E-state index is 12.8. The van der Waals surface area contributed by atoms with E-state index in [1.54, 1.807) is 6.07 Å². The first-order chi connectivity index (χ1) is 13.4. The van der Waals surface area contributed by atoms with Gasteiger partial charge >= 0.3 is 6.18 Å². The van der Waals surface area contributed by atoms with Crippen LogP contribution in [0, 0.1) is 0 Å². The number of aryl methyl sites for hydroxylation is 1. The van der Waals surface area contributed by atoms with Crippen molar-refractivity contribution in [2.24, 2.45) is 0 Å². The van der Waals surface area contributed by atoms with Gasteiger partial charge in [0, 0.05) is 6.42 Å². The Morgan fingerprint density at radius 2 is 1.71 bits per heavy atom. The molecule has 0 spiro atoms. The van der Waals surface area contributed by atoms with Gasteiger partial charge in [0.15, 0.2) is 0 Å². The van der Waals surface area contributed by atoms with E-state index in [0.717, 1.165) is 34.9 Å². The fraction of sp³-hybridized carbons (Fsp3) is 0.261. The fourth-order valence-corrected chi connectivity index (χ4v) is 3.38. The lowest BCUT2D eigenvalue weighted by atomic mass is 9.97. The van der Waals surface area contributed by atoms with Gasteiger partial charge in [0.2, 0.25) is 5.91 Å². The summed E-state index contributed by atoms with van der Waals surface area (Å²) in [6.45, 7) is 2.00. The third-order valence-corrected chi connectivity index (χ3v) is 4.84. The molecule has 0 aliphatic carbocycles. The fourth-order valence-electron chi connectivity index (χ4n) is 3.38. The van der Waals surface area contributed by atoms with E-state index in [1.807, 2.05) is 49.4 Å². The zero-order chi connectivity index (χ0) is 20.1. The van der Waals surface area contributed by atoms with Gasteiger partial charge in [-0.3, -0.25) is 4.79 Å². The maximum Gasteiger partial charge on any atom is 0.416 e. The first kappa shape index (κ1) is 19.9.